The van der Waals surface area contributed by atoms with Gasteiger partial charge in [0.2, 0.25) is 5.91 Å². The third kappa shape index (κ3) is 3.59. The maximum atomic E-state index is 12.0. The second kappa shape index (κ2) is 6.86. The Morgan fingerprint density at radius 1 is 1.38 bits per heavy atom. The number of hydrogen-bond acceptors (Lipinski definition) is 4. The fourth-order valence-corrected chi connectivity index (χ4v) is 7.32. The topological polar surface area (TPSA) is 66.8 Å². The summed E-state index contributed by atoms with van der Waals surface area (Å²) >= 11 is 13.6. The highest BCUT2D eigenvalue weighted by atomic mass is 35.5. The minimum Gasteiger partial charge on any atom is -0.314 e. The van der Waals surface area contributed by atoms with E-state index in [0.29, 0.717) is 33.7 Å². The van der Waals surface area contributed by atoms with Crippen molar-refractivity contribution in [3.05, 3.63) is 28.2 Å². The first-order chi connectivity index (χ1) is 11.3. The molecule has 24 heavy (non-hydrogen) atoms. The summed E-state index contributed by atoms with van der Waals surface area (Å²) in [4.78, 5) is 17.9. The van der Waals surface area contributed by atoms with Gasteiger partial charge in [0.1, 0.15) is 0 Å². The lowest BCUT2D eigenvalue weighted by molar-refractivity contribution is -0.117. The number of aliphatic imine (C=N–C) groups is 1. The summed E-state index contributed by atoms with van der Waals surface area (Å²) in [7, 11) is -3.10. The lowest BCUT2D eigenvalue weighted by Crippen LogP contribution is -2.37. The molecule has 2 aliphatic rings. The van der Waals surface area contributed by atoms with Crippen LogP contribution in [0.3, 0.4) is 0 Å². The highest BCUT2D eigenvalue weighted by molar-refractivity contribution is 8.16. The number of carbonyl (C=O) groups is 1. The average molecular weight is 407 g/mol. The molecule has 2 atom stereocenters. The van der Waals surface area contributed by atoms with E-state index in [1.807, 2.05) is 6.92 Å². The van der Waals surface area contributed by atoms with Gasteiger partial charge >= 0.3 is 0 Å². The van der Waals surface area contributed by atoms with Crippen LogP contribution in [0, 0.1) is 0 Å². The van der Waals surface area contributed by atoms with Crippen molar-refractivity contribution in [1.29, 1.82) is 0 Å². The van der Waals surface area contributed by atoms with Crippen LogP contribution in [-0.4, -0.2) is 42.3 Å². The number of anilines is 1. The summed E-state index contributed by atoms with van der Waals surface area (Å²) < 4.78 is 24.0. The van der Waals surface area contributed by atoms with E-state index < -0.39 is 9.84 Å². The molecule has 1 aromatic rings. The average Bonchev–Trinajstić information content (AvgIpc) is 2.91. The van der Waals surface area contributed by atoms with Gasteiger partial charge in [-0.15, -0.1) is 0 Å². The molecule has 2 heterocycles. The molecule has 5 nitrogen and oxygen atoms in total. The highest BCUT2D eigenvalue weighted by Gasteiger charge is 2.49. The van der Waals surface area contributed by atoms with E-state index >= 15 is 0 Å². The summed E-state index contributed by atoms with van der Waals surface area (Å²) in [6, 6.07) is 4.76. The Kier molecular flexibility index (Phi) is 5.16. The smallest absolute Gasteiger partial charge is 0.248 e. The van der Waals surface area contributed by atoms with Gasteiger partial charge in [-0.1, -0.05) is 41.9 Å². The Labute approximate surface area is 155 Å². The number of thioether (sulfide) groups is 1. The number of amidine groups is 1. The standard InChI is InChI=1S/C15H16Cl2N2O3S2/c1-2-3-14(20)18-15-19(11-5-4-9(16)6-10(11)17)12-7-24(21,22)8-13(12)23-15/h4-6,12-13H,2-3,7-8H2,1H3/t12-,13+/m1/s1. The van der Waals surface area contributed by atoms with E-state index in [4.69, 9.17) is 23.2 Å². The predicted molar refractivity (Wildman–Crippen MR) is 100 cm³/mol. The summed E-state index contributed by atoms with van der Waals surface area (Å²) in [5.41, 5.74) is 0.626. The second-order valence-electron chi connectivity index (χ2n) is 5.80. The summed E-state index contributed by atoms with van der Waals surface area (Å²) in [6.45, 7) is 1.91. The molecule has 3 rings (SSSR count). The minimum atomic E-state index is -3.10. The fraction of sp³-hybridized carbons (Fsp3) is 0.467. The molecule has 9 heteroatoms. The predicted octanol–water partition coefficient (Wildman–Crippen LogP) is 3.39. The van der Waals surface area contributed by atoms with Crippen molar-refractivity contribution in [3.8, 4) is 0 Å². The third-order valence-electron chi connectivity index (χ3n) is 3.92. The van der Waals surface area contributed by atoms with Crippen LogP contribution in [0.25, 0.3) is 0 Å². The summed E-state index contributed by atoms with van der Waals surface area (Å²) in [6.07, 6.45) is 1.07. The van der Waals surface area contributed by atoms with Crippen LogP contribution in [-0.2, 0) is 14.6 Å². The lowest BCUT2D eigenvalue weighted by Gasteiger charge is -2.25. The van der Waals surface area contributed by atoms with Gasteiger partial charge in [-0.2, -0.15) is 4.99 Å². The molecule has 0 bridgehead atoms. The van der Waals surface area contributed by atoms with Gasteiger partial charge in [-0.3, -0.25) is 4.79 Å². The van der Waals surface area contributed by atoms with Gasteiger partial charge in [0.05, 0.1) is 28.3 Å². The highest BCUT2D eigenvalue weighted by Crippen LogP contribution is 2.43. The Morgan fingerprint density at radius 2 is 2.12 bits per heavy atom. The summed E-state index contributed by atoms with van der Waals surface area (Å²) in [5.74, 6) is -0.0896. The van der Waals surface area contributed by atoms with Crippen molar-refractivity contribution in [3.63, 3.8) is 0 Å². The molecular weight excluding hydrogens is 391 g/mol. The van der Waals surface area contributed by atoms with Crippen LogP contribution < -0.4 is 4.90 Å². The largest absolute Gasteiger partial charge is 0.314 e. The molecule has 1 amide bonds. The first-order valence-electron chi connectivity index (χ1n) is 7.53. The van der Waals surface area contributed by atoms with Gasteiger partial charge in [-0.25, -0.2) is 8.42 Å². The maximum absolute atomic E-state index is 12.0. The number of benzene rings is 1. The van der Waals surface area contributed by atoms with E-state index in [-0.39, 0.29) is 28.7 Å². The van der Waals surface area contributed by atoms with Gasteiger partial charge in [0.15, 0.2) is 15.0 Å². The number of halogens is 2. The first-order valence-corrected chi connectivity index (χ1v) is 11.0. The number of carbonyl (C=O) groups excluding carboxylic acids is 1. The van der Waals surface area contributed by atoms with E-state index in [0.717, 1.165) is 0 Å². The Balaban J connectivity index is 2.03. The van der Waals surface area contributed by atoms with Gasteiger partial charge in [0.25, 0.3) is 0 Å². The molecule has 0 aliphatic carbocycles. The molecule has 0 aromatic heterocycles. The number of nitrogens with zero attached hydrogens (tertiary/aromatic N) is 2. The van der Waals surface area contributed by atoms with Gasteiger partial charge < -0.3 is 4.90 Å². The first kappa shape index (κ1) is 18.0. The zero-order valence-electron chi connectivity index (χ0n) is 12.9. The van der Waals surface area contributed by atoms with Crippen LogP contribution in [0.4, 0.5) is 5.69 Å². The van der Waals surface area contributed by atoms with Crippen molar-refractivity contribution >= 4 is 61.6 Å². The zero-order chi connectivity index (χ0) is 17.5. The van der Waals surface area contributed by atoms with Gasteiger partial charge in [0, 0.05) is 16.7 Å². The van der Waals surface area contributed by atoms with E-state index in [1.165, 1.54) is 11.8 Å². The van der Waals surface area contributed by atoms with Crippen molar-refractivity contribution in [2.45, 2.75) is 31.1 Å². The van der Waals surface area contributed by atoms with E-state index in [9.17, 15) is 13.2 Å². The lowest BCUT2D eigenvalue weighted by atomic mass is 10.2. The SMILES string of the molecule is CCCC(=O)N=C1S[C@H]2CS(=O)(=O)C[C@H]2N1c1ccc(Cl)cc1Cl. The van der Waals surface area contributed by atoms with Crippen LogP contribution in [0.2, 0.25) is 10.0 Å². The molecule has 0 unspecified atom stereocenters. The number of rotatable bonds is 3. The van der Waals surface area contributed by atoms with Crippen molar-refractivity contribution in [2.24, 2.45) is 4.99 Å². The number of amides is 1. The third-order valence-corrected chi connectivity index (χ3v) is 7.67. The molecule has 2 aliphatic heterocycles. The Hall–Kier alpha value is -0.760. The van der Waals surface area contributed by atoms with Gasteiger partial charge in [-0.05, 0) is 24.6 Å². The quantitative estimate of drug-likeness (QED) is 0.769. The van der Waals surface area contributed by atoms with Crippen molar-refractivity contribution < 1.29 is 13.2 Å². The van der Waals surface area contributed by atoms with Crippen LogP contribution in [0.15, 0.2) is 23.2 Å². The number of sulfone groups is 1. The van der Waals surface area contributed by atoms with Crippen molar-refractivity contribution in [2.75, 3.05) is 16.4 Å². The van der Waals surface area contributed by atoms with Crippen molar-refractivity contribution in [1.82, 2.24) is 0 Å². The molecule has 0 saturated carbocycles. The second-order valence-corrected chi connectivity index (χ2v) is 10.0. The maximum Gasteiger partial charge on any atom is 0.248 e. The molecule has 2 fully saturated rings. The summed E-state index contributed by atoms with van der Waals surface area (Å²) in [5, 5.41) is 1.27. The van der Waals surface area contributed by atoms with Crippen LogP contribution in [0.5, 0.6) is 0 Å². The minimum absolute atomic E-state index is 0.0324. The molecule has 2 saturated heterocycles. The van der Waals surface area contributed by atoms with E-state index in [1.54, 1.807) is 23.1 Å². The fourth-order valence-electron chi connectivity index (χ4n) is 2.90. The van der Waals surface area contributed by atoms with Crippen LogP contribution >= 0.6 is 35.0 Å². The monoisotopic (exact) mass is 406 g/mol. The van der Waals surface area contributed by atoms with Crippen LogP contribution in [0.1, 0.15) is 19.8 Å². The van der Waals surface area contributed by atoms with E-state index in [2.05, 4.69) is 4.99 Å². The number of fused-ring (bicyclic) bond motifs is 1. The molecule has 1 aromatic carbocycles. The molecule has 0 spiro atoms. The molecule has 130 valence electrons. The normalized spacial score (nSPS) is 26.8. The molecule has 0 radical (unpaired) electrons. The Bertz CT molecular complexity index is 811. The Morgan fingerprint density at radius 3 is 2.79 bits per heavy atom. The number of hydrogen-bond donors (Lipinski definition) is 0. The molecular formula is C15H16Cl2N2O3S2. The molecule has 0 N–H and O–H groups in total. The zero-order valence-corrected chi connectivity index (χ0v) is 16.1.